The van der Waals surface area contributed by atoms with Gasteiger partial charge < -0.3 is 10.4 Å². The van der Waals surface area contributed by atoms with Gasteiger partial charge >= 0.3 is 0 Å². The molecule has 1 aromatic carbocycles. The highest BCUT2D eigenvalue weighted by atomic mass is 16.3. The van der Waals surface area contributed by atoms with Gasteiger partial charge in [-0.3, -0.25) is 0 Å². The van der Waals surface area contributed by atoms with Crippen molar-refractivity contribution in [3.8, 4) is 12.3 Å². The molecule has 0 aliphatic carbocycles. The Morgan fingerprint density at radius 2 is 2.07 bits per heavy atom. The number of hydrogen-bond acceptors (Lipinski definition) is 2. The normalized spacial score (nSPS) is 14.2. The van der Waals surface area contributed by atoms with Gasteiger partial charge in [0.25, 0.3) is 0 Å². The van der Waals surface area contributed by atoms with Crippen molar-refractivity contribution in [3.05, 3.63) is 35.9 Å². The molecule has 2 nitrogen and oxygen atoms in total. The van der Waals surface area contributed by atoms with Crippen molar-refractivity contribution in [2.45, 2.75) is 25.5 Å². The van der Waals surface area contributed by atoms with Crippen LogP contribution in [0.25, 0.3) is 0 Å². The molecule has 0 saturated heterocycles. The van der Waals surface area contributed by atoms with E-state index in [0.29, 0.717) is 13.0 Å². The SMILES string of the molecule is C#CCC(C)NCC(O)c1ccccc1. The maximum Gasteiger partial charge on any atom is 0.0914 e. The molecular formula is C13H17NO. The first kappa shape index (κ1) is 11.8. The van der Waals surface area contributed by atoms with Crippen LogP contribution in [0.3, 0.4) is 0 Å². The highest BCUT2D eigenvalue weighted by Crippen LogP contribution is 2.10. The lowest BCUT2D eigenvalue weighted by molar-refractivity contribution is 0.171. The van der Waals surface area contributed by atoms with Crippen LogP contribution in [-0.2, 0) is 0 Å². The Hall–Kier alpha value is -1.30. The summed E-state index contributed by atoms with van der Waals surface area (Å²) in [6.45, 7) is 2.55. The lowest BCUT2D eigenvalue weighted by atomic mass is 10.1. The van der Waals surface area contributed by atoms with E-state index in [1.807, 2.05) is 37.3 Å². The molecule has 2 atom stereocenters. The van der Waals surface area contributed by atoms with E-state index >= 15 is 0 Å². The molecule has 0 aromatic heterocycles. The molecule has 1 rings (SSSR count). The summed E-state index contributed by atoms with van der Waals surface area (Å²) < 4.78 is 0. The van der Waals surface area contributed by atoms with Crippen LogP contribution in [0.4, 0.5) is 0 Å². The molecule has 0 aliphatic heterocycles. The maximum atomic E-state index is 9.82. The molecule has 0 radical (unpaired) electrons. The van der Waals surface area contributed by atoms with Gasteiger partial charge in [-0.25, -0.2) is 0 Å². The number of aliphatic hydroxyl groups is 1. The van der Waals surface area contributed by atoms with Crippen molar-refractivity contribution in [1.82, 2.24) is 5.32 Å². The highest BCUT2D eigenvalue weighted by Gasteiger charge is 2.07. The third kappa shape index (κ3) is 4.16. The third-order valence-electron chi connectivity index (χ3n) is 2.27. The van der Waals surface area contributed by atoms with Crippen LogP contribution in [0, 0.1) is 12.3 Å². The minimum Gasteiger partial charge on any atom is -0.387 e. The number of aliphatic hydroxyl groups excluding tert-OH is 1. The molecule has 2 N–H and O–H groups in total. The van der Waals surface area contributed by atoms with Crippen LogP contribution in [0.5, 0.6) is 0 Å². The number of rotatable bonds is 5. The first-order valence-corrected chi connectivity index (χ1v) is 5.14. The van der Waals surface area contributed by atoms with E-state index in [2.05, 4.69) is 11.2 Å². The zero-order valence-corrected chi connectivity index (χ0v) is 8.98. The standard InChI is InChI=1S/C13H17NO/c1-3-7-11(2)14-10-13(15)12-8-5-4-6-9-12/h1,4-6,8-9,11,13-15H,7,10H2,2H3. The largest absolute Gasteiger partial charge is 0.387 e. The van der Waals surface area contributed by atoms with E-state index in [4.69, 9.17) is 6.42 Å². The molecule has 1 aromatic rings. The van der Waals surface area contributed by atoms with Gasteiger partial charge in [0.2, 0.25) is 0 Å². The fourth-order valence-corrected chi connectivity index (χ4v) is 1.35. The molecule has 0 saturated carbocycles. The minimum absolute atomic E-state index is 0.244. The monoisotopic (exact) mass is 203 g/mol. The number of nitrogens with one attached hydrogen (secondary N) is 1. The number of terminal acetylenes is 1. The zero-order chi connectivity index (χ0) is 11.1. The van der Waals surface area contributed by atoms with Crippen molar-refractivity contribution in [1.29, 1.82) is 0 Å². The Bertz CT molecular complexity index is 315. The molecule has 0 fully saturated rings. The van der Waals surface area contributed by atoms with E-state index in [9.17, 15) is 5.11 Å². The van der Waals surface area contributed by atoms with Crippen LogP contribution in [0.2, 0.25) is 0 Å². The predicted octanol–water partition coefficient (Wildman–Crippen LogP) is 1.72. The van der Waals surface area contributed by atoms with Gasteiger partial charge in [0.15, 0.2) is 0 Å². The number of hydrogen-bond donors (Lipinski definition) is 2. The van der Waals surface area contributed by atoms with Crippen LogP contribution >= 0.6 is 0 Å². The van der Waals surface area contributed by atoms with E-state index < -0.39 is 6.10 Å². The lowest BCUT2D eigenvalue weighted by Crippen LogP contribution is -2.30. The summed E-state index contributed by atoms with van der Waals surface area (Å²) in [6.07, 6.45) is 5.41. The fourth-order valence-electron chi connectivity index (χ4n) is 1.35. The van der Waals surface area contributed by atoms with Gasteiger partial charge in [0, 0.05) is 19.0 Å². The molecule has 80 valence electrons. The average Bonchev–Trinajstić information content (AvgIpc) is 2.27. The van der Waals surface area contributed by atoms with Crippen molar-refractivity contribution >= 4 is 0 Å². The third-order valence-corrected chi connectivity index (χ3v) is 2.27. The molecule has 0 bridgehead atoms. The molecule has 15 heavy (non-hydrogen) atoms. The lowest BCUT2D eigenvalue weighted by Gasteiger charge is -2.15. The van der Waals surface area contributed by atoms with Gasteiger partial charge in [0.05, 0.1) is 6.10 Å². The highest BCUT2D eigenvalue weighted by molar-refractivity contribution is 5.17. The van der Waals surface area contributed by atoms with Crippen molar-refractivity contribution in [2.24, 2.45) is 0 Å². The van der Waals surface area contributed by atoms with E-state index in [1.165, 1.54) is 0 Å². The summed E-state index contributed by atoms with van der Waals surface area (Å²) in [5.41, 5.74) is 0.929. The van der Waals surface area contributed by atoms with Crippen molar-refractivity contribution < 1.29 is 5.11 Å². The van der Waals surface area contributed by atoms with Crippen LogP contribution in [0.15, 0.2) is 30.3 Å². The van der Waals surface area contributed by atoms with Gasteiger partial charge in [-0.15, -0.1) is 12.3 Å². The Labute approximate surface area is 91.3 Å². The van der Waals surface area contributed by atoms with Crippen LogP contribution in [0.1, 0.15) is 25.0 Å². The van der Waals surface area contributed by atoms with Gasteiger partial charge in [-0.1, -0.05) is 30.3 Å². The molecule has 0 heterocycles. The summed E-state index contributed by atoms with van der Waals surface area (Å²) >= 11 is 0. The summed E-state index contributed by atoms with van der Waals surface area (Å²) in [7, 11) is 0. The summed E-state index contributed by atoms with van der Waals surface area (Å²) in [4.78, 5) is 0. The number of benzene rings is 1. The zero-order valence-electron chi connectivity index (χ0n) is 8.98. The average molecular weight is 203 g/mol. The van der Waals surface area contributed by atoms with Gasteiger partial charge in [0.1, 0.15) is 0 Å². The Morgan fingerprint density at radius 3 is 2.67 bits per heavy atom. The molecule has 0 spiro atoms. The van der Waals surface area contributed by atoms with Crippen molar-refractivity contribution in [2.75, 3.05) is 6.54 Å². The Morgan fingerprint density at radius 1 is 1.40 bits per heavy atom. The second kappa shape index (κ2) is 6.23. The summed E-state index contributed by atoms with van der Waals surface area (Å²) in [6, 6.07) is 9.85. The molecular weight excluding hydrogens is 186 g/mol. The Kier molecular flexibility index (Phi) is 4.89. The quantitative estimate of drug-likeness (QED) is 0.714. The van der Waals surface area contributed by atoms with Gasteiger partial charge in [-0.05, 0) is 12.5 Å². The minimum atomic E-state index is -0.466. The Balaban J connectivity index is 2.37. The second-order valence-electron chi connectivity index (χ2n) is 3.64. The predicted molar refractivity (Wildman–Crippen MR) is 62.3 cm³/mol. The summed E-state index contributed by atoms with van der Waals surface area (Å²) in [5.74, 6) is 2.59. The van der Waals surface area contributed by atoms with Gasteiger partial charge in [-0.2, -0.15) is 0 Å². The van der Waals surface area contributed by atoms with E-state index in [-0.39, 0.29) is 6.04 Å². The molecule has 0 aliphatic rings. The molecule has 2 unspecified atom stereocenters. The van der Waals surface area contributed by atoms with Crippen molar-refractivity contribution in [3.63, 3.8) is 0 Å². The maximum absolute atomic E-state index is 9.82. The topological polar surface area (TPSA) is 32.3 Å². The first-order valence-electron chi connectivity index (χ1n) is 5.14. The van der Waals surface area contributed by atoms with Crippen LogP contribution in [-0.4, -0.2) is 17.7 Å². The second-order valence-corrected chi connectivity index (χ2v) is 3.64. The van der Waals surface area contributed by atoms with E-state index in [0.717, 1.165) is 5.56 Å². The van der Waals surface area contributed by atoms with E-state index in [1.54, 1.807) is 0 Å². The first-order chi connectivity index (χ1) is 7.24. The van der Waals surface area contributed by atoms with Crippen LogP contribution < -0.4 is 5.32 Å². The summed E-state index contributed by atoms with van der Waals surface area (Å²) in [5, 5.41) is 13.0. The smallest absolute Gasteiger partial charge is 0.0914 e. The molecule has 2 heteroatoms. The fraction of sp³-hybridized carbons (Fsp3) is 0.385. The molecule has 0 amide bonds.